The van der Waals surface area contributed by atoms with E-state index in [9.17, 15) is 13.2 Å². The molecular formula is C18H13ClF3N5. The summed E-state index contributed by atoms with van der Waals surface area (Å²) >= 11 is 0. The van der Waals surface area contributed by atoms with Crippen LogP contribution in [-0.2, 0) is 12.7 Å². The summed E-state index contributed by atoms with van der Waals surface area (Å²) in [4.78, 5) is 3.05. The Hall–Kier alpha value is -3.00. The Morgan fingerprint density at radius 2 is 1.81 bits per heavy atom. The smallest absolute Gasteiger partial charge is 0.359 e. The highest BCUT2D eigenvalue weighted by molar-refractivity contribution is 5.85. The molecule has 0 spiro atoms. The van der Waals surface area contributed by atoms with Gasteiger partial charge in [0.15, 0.2) is 11.6 Å². The van der Waals surface area contributed by atoms with Crippen LogP contribution in [0, 0.1) is 0 Å². The number of nitrogens with one attached hydrogen (secondary N) is 1. The van der Waals surface area contributed by atoms with Gasteiger partial charge in [-0.15, -0.1) is 22.6 Å². The van der Waals surface area contributed by atoms with Crippen molar-refractivity contribution in [2.45, 2.75) is 12.7 Å². The van der Waals surface area contributed by atoms with E-state index in [1.807, 2.05) is 35.0 Å². The highest BCUT2D eigenvalue weighted by atomic mass is 35.5. The van der Waals surface area contributed by atoms with Gasteiger partial charge in [-0.2, -0.15) is 13.2 Å². The Balaban J connectivity index is 0.00000180. The Morgan fingerprint density at radius 3 is 2.56 bits per heavy atom. The van der Waals surface area contributed by atoms with Crippen LogP contribution in [-0.4, -0.2) is 24.3 Å². The van der Waals surface area contributed by atoms with E-state index in [4.69, 9.17) is 0 Å². The standard InChI is InChI=1S/C18H12F3N5.ClH/c19-18(20,21)12-6-5-11-10-25-8-2-4-14(25)17-24-23-16(13-3-1-7-22-13)26(17)15(11)9-12;/h1-9,22H,10H2;1H. The maximum absolute atomic E-state index is 13.3. The fourth-order valence-electron chi connectivity index (χ4n) is 3.34. The molecule has 0 radical (unpaired) electrons. The predicted octanol–water partition coefficient (Wildman–Crippen LogP) is 4.53. The second-order valence-corrected chi connectivity index (χ2v) is 6.13. The second-order valence-electron chi connectivity index (χ2n) is 6.13. The van der Waals surface area contributed by atoms with Crippen molar-refractivity contribution in [3.05, 3.63) is 66.0 Å². The van der Waals surface area contributed by atoms with Crippen LogP contribution < -0.4 is 0 Å². The molecule has 0 unspecified atom stereocenters. The third kappa shape index (κ3) is 2.64. The van der Waals surface area contributed by atoms with Crippen LogP contribution >= 0.6 is 12.4 Å². The summed E-state index contributed by atoms with van der Waals surface area (Å²) in [5, 5.41) is 8.51. The number of hydrogen-bond donors (Lipinski definition) is 1. The van der Waals surface area contributed by atoms with Crippen molar-refractivity contribution >= 4 is 12.4 Å². The molecule has 3 aromatic heterocycles. The Kier molecular flexibility index (Phi) is 3.88. The molecule has 0 fully saturated rings. The first kappa shape index (κ1) is 17.4. The molecule has 0 bridgehead atoms. The highest BCUT2D eigenvalue weighted by Gasteiger charge is 2.33. The van der Waals surface area contributed by atoms with Crippen LogP contribution in [0.4, 0.5) is 13.2 Å². The number of H-pyrrole nitrogens is 1. The van der Waals surface area contributed by atoms with Crippen LogP contribution in [0.3, 0.4) is 0 Å². The lowest BCUT2D eigenvalue weighted by Gasteiger charge is -2.14. The maximum Gasteiger partial charge on any atom is 0.416 e. The van der Waals surface area contributed by atoms with Gasteiger partial charge >= 0.3 is 6.18 Å². The lowest BCUT2D eigenvalue weighted by molar-refractivity contribution is -0.137. The topological polar surface area (TPSA) is 51.4 Å². The quantitative estimate of drug-likeness (QED) is 0.456. The van der Waals surface area contributed by atoms with Crippen molar-refractivity contribution in [1.82, 2.24) is 24.3 Å². The van der Waals surface area contributed by atoms with Crippen LogP contribution in [0.5, 0.6) is 0 Å². The number of nitrogens with zero attached hydrogens (tertiary/aromatic N) is 4. The van der Waals surface area contributed by atoms with E-state index >= 15 is 0 Å². The molecule has 5 nitrogen and oxygen atoms in total. The Morgan fingerprint density at radius 1 is 1.00 bits per heavy atom. The molecule has 0 amide bonds. The zero-order valence-corrected chi connectivity index (χ0v) is 14.6. The summed E-state index contributed by atoms with van der Waals surface area (Å²) in [5.41, 5.74) is 2.00. The van der Waals surface area contributed by atoms with Crippen LogP contribution in [0.2, 0.25) is 0 Å². The van der Waals surface area contributed by atoms with E-state index < -0.39 is 11.7 Å². The number of alkyl halides is 3. The Labute approximate surface area is 157 Å². The Bertz CT molecular complexity index is 1110. The minimum absolute atomic E-state index is 0. The van der Waals surface area contributed by atoms with Crippen LogP contribution in [0.15, 0.2) is 54.9 Å². The summed E-state index contributed by atoms with van der Waals surface area (Å²) in [7, 11) is 0. The average molecular weight is 392 g/mol. The number of halogens is 4. The molecule has 1 aliphatic rings. The molecule has 1 aliphatic heterocycles. The van der Waals surface area contributed by atoms with E-state index in [2.05, 4.69) is 15.2 Å². The first-order chi connectivity index (χ1) is 12.5. The molecule has 0 aliphatic carbocycles. The summed E-state index contributed by atoms with van der Waals surface area (Å²) in [5.74, 6) is 0.984. The van der Waals surface area contributed by atoms with Gasteiger partial charge in [0, 0.05) is 18.9 Å². The molecule has 4 heterocycles. The molecule has 5 rings (SSSR count). The molecule has 138 valence electrons. The van der Waals surface area contributed by atoms with Gasteiger partial charge in [0.25, 0.3) is 0 Å². The third-order valence-corrected chi connectivity index (χ3v) is 4.55. The lowest BCUT2D eigenvalue weighted by Crippen LogP contribution is -2.09. The van der Waals surface area contributed by atoms with Gasteiger partial charge in [-0.1, -0.05) is 6.07 Å². The number of hydrogen-bond acceptors (Lipinski definition) is 2. The zero-order chi connectivity index (χ0) is 17.9. The van der Waals surface area contributed by atoms with Crippen molar-refractivity contribution < 1.29 is 13.2 Å². The van der Waals surface area contributed by atoms with Gasteiger partial charge in [0.1, 0.15) is 0 Å². The van der Waals surface area contributed by atoms with E-state index in [-0.39, 0.29) is 12.4 Å². The second kappa shape index (κ2) is 6.02. The third-order valence-electron chi connectivity index (χ3n) is 4.55. The van der Waals surface area contributed by atoms with E-state index in [0.29, 0.717) is 29.6 Å². The minimum Gasteiger partial charge on any atom is -0.359 e. The fraction of sp³-hybridized carbons (Fsp3) is 0.111. The molecule has 27 heavy (non-hydrogen) atoms. The maximum atomic E-state index is 13.3. The van der Waals surface area contributed by atoms with Crippen molar-refractivity contribution in [3.63, 3.8) is 0 Å². The molecule has 0 saturated carbocycles. The molecule has 9 heteroatoms. The zero-order valence-electron chi connectivity index (χ0n) is 13.7. The molecule has 1 aromatic carbocycles. The minimum atomic E-state index is -4.42. The summed E-state index contributed by atoms with van der Waals surface area (Å²) in [6.45, 7) is 0.462. The predicted molar refractivity (Wildman–Crippen MR) is 95.9 cm³/mol. The fourth-order valence-corrected chi connectivity index (χ4v) is 3.34. The monoisotopic (exact) mass is 391 g/mol. The lowest BCUT2D eigenvalue weighted by atomic mass is 10.1. The number of benzene rings is 1. The van der Waals surface area contributed by atoms with Crippen molar-refractivity contribution in [2.75, 3.05) is 0 Å². The molecule has 0 atom stereocenters. The van der Waals surface area contributed by atoms with Gasteiger partial charge in [-0.3, -0.25) is 4.57 Å². The van der Waals surface area contributed by atoms with Gasteiger partial charge in [-0.25, -0.2) is 0 Å². The number of aromatic nitrogens is 5. The largest absolute Gasteiger partial charge is 0.416 e. The number of fused-ring (bicyclic) bond motifs is 5. The van der Waals surface area contributed by atoms with E-state index in [0.717, 1.165) is 17.3 Å². The molecule has 4 aromatic rings. The first-order valence-corrected chi connectivity index (χ1v) is 7.97. The molecular weight excluding hydrogens is 379 g/mol. The summed E-state index contributed by atoms with van der Waals surface area (Å²) in [6.07, 6.45) is -0.795. The molecule has 0 saturated heterocycles. The van der Waals surface area contributed by atoms with Gasteiger partial charge < -0.3 is 9.55 Å². The highest BCUT2D eigenvalue weighted by Crippen LogP contribution is 2.37. The first-order valence-electron chi connectivity index (χ1n) is 7.97. The van der Waals surface area contributed by atoms with Gasteiger partial charge in [0.2, 0.25) is 0 Å². The van der Waals surface area contributed by atoms with Gasteiger partial charge in [0.05, 0.1) is 22.6 Å². The van der Waals surface area contributed by atoms with Crippen molar-refractivity contribution in [2.24, 2.45) is 0 Å². The van der Waals surface area contributed by atoms with E-state index in [1.54, 1.807) is 10.8 Å². The number of rotatable bonds is 1. The van der Waals surface area contributed by atoms with Crippen molar-refractivity contribution in [1.29, 1.82) is 0 Å². The van der Waals surface area contributed by atoms with Crippen LogP contribution in [0.25, 0.3) is 28.7 Å². The van der Waals surface area contributed by atoms with Gasteiger partial charge in [-0.05, 0) is 42.0 Å². The molecule has 1 N–H and O–H groups in total. The van der Waals surface area contributed by atoms with E-state index in [1.165, 1.54) is 12.1 Å². The van der Waals surface area contributed by atoms with Crippen LogP contribution in [0.1, 0.15) is 11.1 Å². The average Bonchev–Trinajstić information content (AvgIpc) is 3.32. The summed E-state index contributed by atoms with van der Waals surface area (Å²) < 4.78 is 43.5. The normalized spacial score (nSPS) is 12.6. The summed E-state index contributed by atoms with van der Waals surface area (Å²) in [6, 6.07) is 11.2. The van der Waals surface area contributed by atoms with Crippen molar-refractivity contribution in [3.8, 4) is 28.7 Å². The number of aromatic amines is 1. The SMILES string of the molecule is Cl.FC(F)(F)c1ccc2c(c1)-n1c(-c3ccc[nH]3)nnc1-c1cccn1C2.